The summed E-state index contributed by atoms with van der Waals surface area (Å²) in [7, 11) is 2.71. The smallest absolute Gasteiger partial charge is 0.306 e. The number of benzene rings is 2. The molecule has 0 unspecified atom stereocenters. The summed E-state index contributed by atoms with van der Waals surface area (Å²) in [6.07, 6.45) is -0.0161. The van der Waals surface area contributed by atoms with Crippen LogP contribution in [0, 0.1) is 6.92 Å². The molecular weight excluding hydrogens is 492 g/mol. The summed E-state index contributed by atoms with van der Waals surface area (Å²) in [5.41, 5.74) is 0.591. The Bertz CT molecular complexity index is 1640. The number of rotatable bonds is 8. The number of fused-ring (bicyclic) bond motifs is 1. The molecular formula is C28H28N2O8. The Morgan fingerprint density at radius 2 is 1.74 bits per heavy atom. The van der Waals surface area contributed by atoms with E-state index in [1.54, 1.807) is 37.3 Å². The van der Waals surface area contributed by atoms with Crippen LogP contribution in [-0.2, 0) is 22.5 Å². The van der Waals surface area contributed by atoms with Gasteiger partial charge in [-0.15, -0.1) is 0 Å². The number of phenolic OH excluding ortho intramolecular Hbond substituents is 2. The predicted octanol–water partition coefficient (Wildman–Crippen LogP) is 3.06. The highest BCUT2D eigenvalue weighted by Crippen LogP contribution is 2.32. The van der Waals surface area contributed by atoms with E-state index in [0.717, 1.165) is 0 Å². The van der Waals surface area contributed by atoms with E-state index in [1.807, 2.05) is 0 Å². The van der Waals surface area contributed by atoms with E-state index < -0.39 is 23.0 Å². The lowest BCUT2D eigenvalue weighted by Gasteiger charge is -2.20. The molecule has 0 bridgehead atoms. The lowest BCUT2D eigenvalue weighted by atomic mass is 9.88. The van der Waals surface area contributed by atoms with Crippen LogP contribution >= 0.6 is 0 Å². The molecule has 10 nitrogen and oxygen atoms in total. The van der Waals surface area contributed by atoms with E-state index >= 15 is 0 Å². The molecule has 2 aromatic carbocycles. The van der Waals surface area contributed by atoms with Gasteiger partial charge in [0.05, 0.1) is 31.7 Å². The summed E-state index contributed by atoms with van der Waals surface area (Å²) in [5.74, 6) is -2.06. The molecule has 0 saturated heterocycles. The number of esters is 1. The number of aromatic nitrogens is 2. The summed E-state index contributed by atoms with van der Waals surface area (Å²) in [6, 6.07) is 12.5. The van der Waals surface area contributed by atoms with Crippen molar-refractivity contribution < 1.29 is 29.6 Å². The maximum Gasteiger partial charge on any atom is 0.306 e. The fourth-order valence-electron chi connectivity index (χ4n) is 4.54. The van der Waals surface area contributed by atoms with Gasteiger partial charge in [0.15, 0.2) is 11.5 Å². The van der Waals surface area contributed by atoms with Crippen LogP contribution in [0.25, 0.3) is 10.9 Å². The van der Waals surface area contributed by atoms with Gasteiger partial charge >= 0.3 is 5.97 Å². The summed E-state index contributed by atoms with van der Waals surface area (Å²) < 4.78 is 11.5. The molecule has 4 aromatic rings. The maximum atomic E-state index is 13.7. The van der Waals surface area contributed by atoms with Crippen molar-refractivity contribution in [2.75, 3.05) is 14.2 Å². The second-order valence-electron chi connectivity index (χ2n) is 8.95. The number of carbonyl (C=O) groups is 1. The first-order valence-electron chi connectivity index (χ1n) is 11.8. The number of aromatic hydroxyl groups is 3. The fourth-order valence-corrected chi connectivity index (χ4v) is 4.54. The second kappa shape index (κ2) is 10.7. The van der Waals surface area contributed by atoms with Crippen LogP contribution < -0.4 is 15.9 Å². The van der Waals surface area contributed by atoms with Crippen LogP contribution in [0.5, 0.6) is 23.0 Å². The quantitative estimate of drug-likeness (QED) is 0.204. The molecule has 10 heteroatoms. The van der Waals surface area contributed by atoms with E-state index in [4.69, 9.17) is 9.47 Å². The topological polar surface area (TPSA) is 151 Å². The molecule has 0 saturated carbocycles. The highest BCUT2D eigenvalue weighted by atomic mass is 16.5. The minimum atomic E-state index is -1.09. The number of hydrogen-bond donors (Lipinski definition) is 4. The number of ether oxygens (including phenoxy) is 2. The molecule has 4 N–H and O–H groups in total. The van der Waals surface area contributed by atoms with Crippen molar-refractivity contribution in [3.63, 3.8) is 0 Å². The van der Waals surface area contributed by atoms with Gasteiger partial charge in [-0.1, -0.05) is 6.07 Å². The van der Waals surface area contributed by atoms with Crippen LogP contribution in [-0.4, -0.2) is 45.1 Å². The number of aryl methyl sites for hydroxylation is 2. The number of hydrogen-bond acceptors (Lipinski definition) is 8. The van der Waals surface area contributed by atoms with Crippen molar-refractivity contribution in [1.82, 2.24) is 9.55 Å². The number of carbonyl (C=O) groups excluding carboxylic acids is 1. The highest BCUT2D eigenvalue weighted by molar-refractivity contribution is 5.81. The maximum absolute atomic E-state index is 13.7. The van der Waals surface area contributed by atoms with E-state index in [2.05, 4.69) is 4.98 Å². The lowest BCUT2D eigenvalue weighted by Crippen LogP contribution is -2.31. The molecule has 0 aliphatic heterocycles. The molecule has 0 spiro atoms. The van der Waals surface area contributed by atoms with Crippen LogP contribution in [0.2, 0.25) is 0 Å². The Kier molecular flexibility index (Phi) is 7.43. The van der Waals surface area contributed by atoms with Crippen molar-refractivity contribution in [1.29, 1.82) is 0 Å². The number of H-pyrrole nitrogens is 1. The summed E-state index contributed by atoms with van der Waals surface area (Å²) in [5, 5.41) is 30.9. The summed E-state index contributed by atoms with van der Waals surface area (Å²) in [6.45, 7) is 1.84. The molecule has 0 radical (unpaired) electrons. The Balaban J connectivity index is 1.83. The van der Waals surface area contributed by atoms with Crippen molar-refractivity contribution in [3.05, 3.63) is 91.6 Å². The number of nitrogens with one attached hydrogen (secondary N) is 1. The molecule has 2 aromatic heterocycles. The molecule has 38 heavy (non-hydrogen) atoms. The van der Waals surface area contributed by atoms with Gasteiger partial charge in [0, 0.05) is 29.8 Å². The zero-order chi connectivity index (χ0) is 27.6. The molecule has 0 aliphatic carbocycles. The number of phenols is 2. The van der Waals surface area contributed by atoms with Gasteiger partial charge < -0.3 is 34.3 Å². The minimum absolute atomic E-state index is 0.104. The van der Waals surface area contributed by atoms with Crippen molar-refractivity contribution in [2.45, 2.75) is 32.2 Å². The van der Waals surface area contributed by atoms with Gasteiger partial charge in [-0.25, -0.2) is 0 Å². The van der Waals surface area contributed by atoms with E-state index in [-0.39, 0.29) is 41.3 Å². The molecule has 2 heterocycles. The van der Waals surface area contributed by atoms with Gasteiger partial charge in [-0.05, 0) is 60.7 Å². The van der Waals surface area contributed by atoms with E-state index in [9.17, 15) is 29.7 Å². The Morgan fingerprint density at radius 1 is 0.974 bits per heavy atom. The standard InChI is InChI=1S/C28H28N2O8/c1-15-10-24(33)26(28(36)30(15)9-8-16-4-7-22(31)23(32)11-16)19(14-25(34)38-3)20-12-17-5-6-18(37-2)13-21(17)29-27(20)35/h4-7,10-13,19,31-33H,8-9,14H2,1-3H3,(H,29,35)/t19-/m1/s1. The van der Waals surface area contributed by atoms with Crippen LogP contribution in [0.4, 0.5) is 0 Å². The molecule has 198 valence electrons. The molecule has 0 fully saturated rings. The number of pyridine rings is 2. The Labute approximate surface area is 217 Å². The lowest BCUT2D eigenvalue weighted by molar-refractivity contribution is -0.140. The zero-order valence-electron chi connectivity index (χ0n) is 21.1. The average molecular weight is 521 g/mol. The van der Waals surface area contributed by atoms with Crippen LogP contribution in [0.3, 0.4) is 0 Å². The van der Waals surface area contributed by atoms with Crippen molar-refractivity contribution in [2.24, 2.45) is 0 Å². The third kappa shape index (κ3) is 5.19. The van der Waals surface area contributed by atoms with Gasteiger partial charge in [-0.2, -0.15) is 0 Å². The summed E-state index contributed by atoms with van der Waals surface area (Å²) in [4.78, 5) is 42.1. The Morgan fingerprint density at radius 3 is 2.42 bits per heavy atom. The monoisotopic (exact) mass is 520 g/mol. The third-order valence-corrected chi connectivity index (χ3v) is 6.59. The summed E-state index contributed by atoms with van der Waals surface area (Å²) >= 11 is 0. The zero-order valence-corrected chi connectivity index (χ0v) is 21.1. The van der Waals surface area contributed by atoms with Crippen LogP contribution in [0.15, 0.2) is 58.1 Å². The predicted molar refractivity (Wildman–Crippen MR) is 140 cm³/mol. The first kappa shape index (κ1) is 26.3. The average Bonchev–Trinajstić information content (AvgIpc) is 2.88. The molecule has 4 rings (SSSR count). The highest BCUT2D eigenvalue weighted by Gasteiger charge is 2.29. The fraction of sp³-hybridized carbons (Fsp3) is 0.250. The first-order valence-corrected chi connectivity index (χ1v) is 11.8. The second-order valence-corrected chi connectivity index (χ2v) is 8.95. The first-order chi connectivity index (χ1) is 18.1. The number of methoxy groups -OCH3 is 2. The van der Waals surface area contributed by atoms with Crippen molar-refractivity contribution >= 4 is 16.9 Å². The SMILES string of the molecule is COC(=O)C[C@H](c1cc2ccc(OC)cc2[nH]c1=O)c1c(O)cc(C)n(CCc2ccc(O)c(O)c2)c1=O. The minimum Gasteiger partial charge on any atom is -0.507 e. The Hall–Kier alpha value is -4.73. The molecule has 1 atom stereocenters. The van der Waals surface area contributed by atoms with Gasteiger partial charge in [-0.3, -0.25) is 14.4 Å². The largest absolute Gasteiger partial charge is 0.507 e. The molecule has 0 amide bonds. The third-order valence-electron chi connectivity index (χ3n) is 6.59. The van der Waals surface area contributed by atoms with Gasteiger partial charge in [0.1, 0.15) is 11.5 Å². The van der Waals surface area contributed by atoms with Crippen molar-refractivity contribution in [3.8, 4) is 23.0 Å². The molecule has 0 aliphatic rings. The van der Waals surface area contributed by atoms with Gasteiger partial charge in [0.2, 0.25) is 0 Å². The van der Waals surface area contributed by atoms with Crippen LogP contribution in [0.1, 0.15) is 34.7 Å². The van der Waals surface area contributed by atoms with Gasteiger partial charge in [0.25, 0.3) is 11.1 Å². The number of nitrogens with zero attached hydrogens (tertiary/aromatic N) is 1. The van der Waals surface area contributed by atoms with E-state index in [1.165, 1.54) is 37.0 Å². The van der Waals surface area contributed by atoms with E-state index in [0.29, 0.717) is 34.3 Å². The number of aromatic amines is 1. The normalized spacial score (nSPS) is 11.9.